The van der Waals surface area contributed by atoms with Crippen molar-refractivity contribution in [3.05, 3.63) is 12.3 Å². The van der Waals surface area contributed by atoms with Crippen LogP contribution < -0.4 is 5.11 Å². The number of carbonyl (C=O) groups excluding carboxylic acids is 1. The molecular formula is C33H61NO6. The molecule has 0 spiro atoms. The van der Waals surface area contributed by atoms with Crippen molar-refractivity contribution in [1.82, 2.24) is 0 Å². The molecule has 0 aromatic heterocycles. The number of allylic oxidation sites excluding steroid dienone is 1. The molecule has 0 fully saturated rings. The van der Waals surface area contributed by atoms with Gasteiger partial charge in [0.25, 0.3) is 0 Å². The van der Waals surface area contributed by atoms with Gasteiger partial charge in [-0.2, -0.15) is 0 Å². The van der Waals surface area contributed by atoms with E-state index in [1.54, 1.807) is 6.20 Å². The Balaban J connectivity index is 5.22. The largest absolute Gasteiger partial charge is 0.544 e. The van der Waals surface area contributed by atoms with Crippen LogP contribution in [0.4, 0.5) is 0 Å². The molecule has 0 aliphatic heterocycles. The van der Waals surface area contributed by atoms with Gasteiger partial charge in [0, 0.05) is 19.3 Å². The van der Waals surface area contributed by atoms with E-state index in [0.29, 0.717) is 25.7 Å². The van der Waals surface area contributed by atoms with Crippen molar-refractivity contribution in [2.75, 3.05) is 0 Å². The van der Waals surface area contributed by atoms with E-state index in [9.17, 15) is 29.7 Å². The van der Waals surface area contributed by atoms with Crippen molar-refractivity contribution in [2.24, 2.45) is 0 Å². The number of carbonyl (C=O) groups is 3. The van der Waals surface area contributed by atoms with Crippen molar-refractivity contribution >= 4 is 17.9 Å². The first-order chi connectivity index (χ1) is 19.2. The zero-order valence-electron chi connectivity index (χ0n) is 26.2. The van der Waals surface area contributed by atoms with Crippen LogP contribution in [0.15, 0.2) is 12.3 Å². The van der Waals surface area contributed by atoms with Gasteiger partial charge >= 0.3 is 11.9 Å². The molecule has 3 atom stereocenters. The molecule has 0 aromatic rings. The van der Waals surface area contributed by atoms with Crippen molar-refractivity contribution in [3.63, 3.8) is 0 Å². The van der Waals surface area contributed by atoms with E-state index < -0.39 is 40.5 Å². The number of rotatable bonds is 28. The molecule has 0 aromatic carbocycles. The van der Waals surface area contributed by atoms with E-state index in [2.05, 4.69) is 6.92 Å². The molecule has 0 radical (unpaired) electrons. The predicted octanol–water partition coefficient (Wildman–Crippen LogP) is 7.61. The molecule has 0 saturated heterocycles. The Labute approximate surface area is 245 Å². The minimum absolute atomic E-state index is 0.159. The highest BCUT2D eigenvalue weighted by Gasteiger charge is 2.54. The van der Waals surface area contributed by atoms with Crippen LogP contribution in [0, 0.1) is 0 Å². The number of hydrogen-bond donors (Lipinski definition) is 2. The van der Waals surface area contributed by atoms with Gasteiger partial charge in [-0.1, -0.05) is 118 Å². The highest BCUT2D eigenvalue weighted by molar-refractivity contribution is 5.77. The summed E-state index contributed by atoms with van der Waals surface area (Å²) in [4.78, 5) is 37.5. The number of hydrogen-bond acceptors (Lipinski definition) is 4. The standard InChI is InChI=1S/C33H61NO6/c1-5-9-10-11-12-13-14-15-16-17-18-19-20-21-22-23-27-34(28(24-6-2)31(35)36,29(25-7-3)32(37)38)30(26-8-4)33(39)40/h23,27-30H,5-22,24-26H2,1-4H3,(H2-,35,36,37,38,39,40)/b27-23+. The summed E-state index contributed by atoms with van der Waals surface area (Å²) in [5.41, 5.74) is 0. The Bertz CT molecular complexity index is 647. The average molecular weight is 568 g/mol. The molecule has 0 saturated carbocycles. The molecule has 0 aliphatic carbocycles. The van der Waals surface area contributed by atoms with E-state index >= 15 is 0 Å². The molecule has 0 rings (SSSR count). The summed E-state index contributed by atoms with van der Waals surface area (Å²) in [6.45, 7) is 7.76. The van der Waals surface area contributed by atoms with E-state index in [1.165, 1.54) is 70.6 Å². The number of carboxylic acid groups (broad SMARTS) is 3. The second-order valence-electron chi connectivity index (χ2n) is 11.6. The Kier molecular flexibility index (Phi) is 22.7. The van der Waals surface area contributed by atoms with Gasteiger partial charge in [0.2, 0.25) is 0 Å². The van der Waals surface area contributed by atoms with E-state index in [1.807, 2.05) is 26.8 Å². The first-order valence-corrected chi connectivity index (χ1v) is 16.5. The van der Waals surface area contributed by atoms with E-state index in [0.717, 1.165) is 19.3 Å². The molecule has 0 aliphatic rings. The Morgan fingerprint density at radius 2 is 0.925 bits per heavy atom. The van der Waals surface area contributed by atoms with Gasteiger partial charge in [0.15, 0.2) is 12.1 Å². The molecule has 0 bridgehead atoms. The van der Waals surface area contributed by atoms with Crippen LogP contribution in [0.25, 0.3) is 0 Å². The number of unbranched alkanes of at least 4 members (excludes halogenated alkanes) is 14. The van der Waals surface area contributed by atoms with Gasteiger partial charge in [0.1, 0.15) is 6.04 Å². The van der Waals surface area contributed by atoms with Crippen LogP contribution in [-0.4, -0.2) is 50.7 Å². The maximum Gasteiger partial charge on any atom is 0.363 e. The summed E-state index contributed by atoms with van der Waals surface area (Å²) in [6.07, 6.45) is 23.8. The highest BCUT2D eigenvalue weighted by atomic mass is 16.4. The molecule has 7 heteroatoms. The van der Waals surface area contributed by atoms with Gasteiger partial charge in [0.05, 0.1) is 12.2 Å². The fraction of sp³-hybridized carbons (Fsp3) is 0.848. The number of nitrogens with zero attached hydrogens (tertiary/aromatic N) is 1. The van der Waals surface area contributed by atoms with Crippen LogP contribution in [0.5, 0.6) is 0 Å². The van der Waals surface area contributed by atoms with Crippen LogP contribution in [0.1, 0.15) is 163 Å². The predicted molar refractivity (Wildman–Crippen MR) is 161 cm³/mol. The summed E-state index contributed by atoms with van der Waals surface area (Å²) in [5, 5.41) is 32.9. The smallest absolute Gasteiger partial charge is 0.363 e. The highest BCUT2D eigenvalue weighted by Crippen LogP contribution is 2.34. The van der Waals surface area contributed by atoms with Crippen LogP contribution in [-0.2, 0) is 14.4 Å². The fourth-order valence-electron chi connectivity index (χ4n) is 6.10. The lowest BCUT2D eigenvalue weighted by molar-refractivity contribution is -0.930. The maximum atomic E-state index is 12.5. The zero-order chi connectivity index (χ0) is 30.2. The fourth-order valence-corrected chi connectivity index (χ4v) is 6.10. The van der Waals surface area contributed by atoms with Crippen molar-refractivity contribution in [1.29, 1.82) is 0 Å². The third-order valence-corrected chi connectivity index (χ3v) is 8.24. The molecule has 7 nitrogen and oxygen atoms in total. The quantitative estimate of drug-likeness (QED) is 0.0742. The lowest BCUT2D eigenvalue weighted by atomic mass is 9.93. The average Bonchev–Trinajstić information content (AvgIpc) is 2.91. The summed E-state index contributed by atoms with van der Waals surface area (Å²) in [7, 11) is 0. The van der Waals surface area contributed by atoms with Crippen molar-refractivity contribution in [3.8, 4) is 0 Å². The monoisotopic (exact) mass is 567 g/mol. The number of aliphatic carboxylic acids is 3. The van der Waals surface area contributed by atoms with Crippen molar-refractivity contribution in [2.45, 2.75) is 181 Å². The number of quaternary nitrogens is 1. The lowest BCUT2D eigenvalue weighted by Crippen LogP contribution is -2.71. The Morgan fingerprint density at radius 1 is 0.575 bits per heavy atom. The first-order valence-electron chi connectivity index (χ1n) is 16.5. The maximum absolute atomic E-state index is 12.5. The summed E-state index contributed by atoms with van der Waals surface area (Å²) in [5.74, 6) is -3.70. The van der Waals surface area contributed by atoms with E-state index in [4.69, 9.17) is 0 Å². The summed E-state index contributed by atoms with van der Waals surface area (Å²) in [6, 6.07) is -3.57. The zero-order valence-corrected chi connectivity index (χ0v) is 26.2. The molecule has 40 heavy (non-hydrogen) atoms. The minimum atomic E-state index is -1.38. The Morgan fingerprint density at radius 3 is 1.25 bits per heavy atom. The third-order valence-electron chi connectivity index (χ3n) is 8.24. The third kappa shape index (κ3) is 14.1. The van der Waals surface area contributed by atoms with Crippen molar-refractivity contribution < 1.29 is 34.2 Å². The minimum Gasteiger partial charge on any atom is -0.544 e. The molecule has 2 N–H and O–H groups in total. The van der Waals surface area contributed by atoms with Crippen LogP contribution in [0.2, 0.25) is 0 Å². The molecule has 0 amide bonds. The summed E-state index contributed by atoms with van der Waals surface area (Å²) >= 11 is 0. The molecule has 0 heterocycles. The van der Waals surface area contributed by atoms with Crippen LogP contribution >= 0.6 is 0 Å². The van der Waals surface area contributed by atoms with Gasteiger partial charge in [-0.05, 0) is 31.8 Å². The van der Waals surface area contributed by atoms with Crippen LogP contribution in [0.3, 0.4) is 0 Å². The van der Waals surface area contributed by atoms with Gasteiger partial charge in [-0.25, -0.2) is 9.59 Å². The van der Waals surface area contributed by atoms with Gasteiger partial charge in [-0.3, -0.25) is 4.48 Å². The SMILES string of the molecule is CCCCCCCCCCCCCCCC/C=C/[N+](C(CCC)C(=O)[O-])(C(CCC)C(=O)O)C(CCC)C(=O)O. The molecule has 234 valence electrons. The lowest BCUT2D eigenvalue weighted by Gasteiger charge is -2.49. The summed E-state index contributed by atoms with van der Waals surface area (Å²) < 4.78 is -0.610. The molecule has 3 unspecified atom stereocenters. The van der Waals surface area contributed by atoms with Gasteiger partial charge in [-0.15, -0.1) is 0 Å². The van der Waals surface area contributed by atoms with E-state index in [-0.39, 0.29) is 19.3 Å². The second kappa shape index (κ2) is 23.8. The Hall–Kier alpha value is -1.89. The normalized spacial score (nSPS) is 15.5. The topological polar surface area (TPSA) is 115 Å². The second-order valence-corrected chi connectivity index (χ2v) is 11.6. The molecular weight excluding hydrogens is 506 g/mol. The van der Waals surface area contributed by atoms with Gasteiger partial charge < -0.3 is 20.1 Å². The number of carboxylic acids is 3. The first kappa shape index (κ1) is 38.1.